The van der Waals surface area contributed by atoms with Crippen LogP contribution >= 0.6 is 0 Å². The number of carbonyl (C=O) groups is 2. The van der Waals surface area contributed by atoms with E-state index in [0.29, 0.717) is 30.2 Å². The zero-order chi connectivity index (χ0) is 19.5. The van der Waals surface area contributed by atoms with Gasteiger partial charge in [0.25, 0.3) is 5.91 Å². The lowest BCUT2D eigenvalue weighted by Crippen LogP contribution is -2.70. The molecular formula is C20H26FN3O3. The van der Waals surface area contributed by atoms with Gasteiger partial charge in [-0.3, -0.25) is 14.6 Å². The summed E-state index contributed by atoms with van der Waals surface area (Å²) in [7, 11) is 0. The van der Waals surface area contributed by atoms with Crippen molar-refractivity contribution in [3.05, 3.63) is 34.9 Å². The molecule has 4 rings (SSSR count). The highest BCUT2D eigenvalue weighted by Gasteiger charge is 2.60. The van der Waals surface area contributed by atoms with Crippen LogP contribution in [0.25, 0.3) is 0 Å². The number of aliphatic carboxylic acids is 1. The topological polar surface area (TPSA) is 86.9 Å². The Morgan fingerprint density at radius 2 is 2.07 bits per heavy atom. The minimum absolute atomic E-state index is 0.125. The SMILES string of the molecule is CC1=CC(F)=CN2C(=O)C(C(=O)O)(N3CCC(C)CC3N)CC(C3CC3)=C12. The number of piperidine rings is 1. The van der Waals surface area contributed by atoms with Gasteiger partial charge in [0.1, 0.15) is 5.83 Å². The average molecular weight is 375 g/mol. The quantitative estimate of drug-likeness (QED) is 0.740. The van der Waals surface area contributed by atoms with E-state index >= 15 is 0 Å². The first-order valence-corrected chi connectivity index (χ1v) is 9.64. The predicted molar refractivity (Wildman–Crippen MR) is 97.6 cm³/mol. The Morgan fingerprint density at radius 1 is 1.37 bits per heavy atom. The van der Waals surface area contributed by atoms with Gasteiger partial charge in [-0.05, 0) is 61.7 Å². The predicted octanol–water partition coefficient (Wildman–Crippen LogP) is 2.49. The lowest BCUT2D eigenvalue weighted by molar-refractivity contribution is -0.167. The Labute approximate surface area is 158 Å². The van der Waals surface area contributed by atoms with Crippen molar-refractivity contribution in [3.63, 3.8) is 0 Å². The third kappa shape index (κ3) is 2.75. The molecule has 0 bridgehead atoms. The van der Waals surface area contributed by atoms with Crippen LogP contribution in [0.5, 0.6) is 0 Å². The summed E-state index contributed by atoms with van der Waals surface area (Å²) in [5.41, 5.74) is 6.84. The number of nitrogens with two attached hydrogens (primary N) is 1. The second-order valence-corrected chi connectivity index (χ2v) is 8.40. The summed E-state index contributed by atoms with van der Waals surface area (Å²) in [5, 5.41) is 10.2. The molecule has 3 unspecified atom stereocenters. The zero-order valence-corrected chi connectivity index (χ0v) is 15.7. The Morgan fingerprint density at radius 3 is 2.67 bits per heavy atom. The number of likely N-dealkylation sites (tertiary alicyclic amines) is 1. The average Bonchev–Trinajstić information content (AvgIpc) is 3.41. The van der Waals surface area contributed by atoms with Gasteiger partial charge in [-0.15, -0.1) is 0 Å². The van der Waals surface area contributed by atoms with Crippen molar-refractivity contribution < 1.29 is 19.1 Å². The lowest BCUT2D eigenvalue weighted by atomic mass is 9.77. The Hall–Kier alpha value is -1.99. The van der Waals surface area contributed by atoms with Crippen LogP contribution in [0.15, 0.2) is 34.9 Å². The lowest BCUT2D eigenvalue weighted by Gasteiger charge is -2.50. The summed E-state index contributed by atoms with van der Waals surface area (Å²) < 4.78 is 14.1. The normalized spacial score (nSPS) is 35.0. The van der Waals surface area contributed by atoms with Crippen molar-refractivity contribution in [3.8, 4) is 0 Å². The molecule has 0 aromatic rings. The molecule has 0 radical (unpaired) electrons. The molecule has 2 fully saturated rings. The molecule has 27 heavy (non-hydrogen) atoms. The summed E-state index contributed by atoms with van der Waals surface area (Å²) in [4.78, 5) is 28.9. The molecular weight excluding hydrogens is 349 g/mol. The van der Waals surface area contributed by atoms with E-state index < -0.39 is 29.4 Å². The fourth-order valence-corrected chi connectivity index (χ4v) is 4.83. The van der Waals surface area contributed by atoms with E-state index in [9.17, 15) is 19.1 Å². The second kappa shape index (κ2) is 6.27. The number of hydrogen-bond acceptors (Lipinski definition) is 4. The van der Waals surface area contributed by atoms with E-state index in [-0.39, 0.29) is 12.3 Å². The van der Waals surface area contributed by atoms with Gasteiger partial charge < -0.3 is 10.8 Å². The first kappa shape index (κ1) is 18.4. The second-order valence-electron chi connectivity index (χ2n) is 8.40. The Kier molecular flexibility index (Phi) is 4.27. The van der Waals surface area contributed by atoms with Crippen LogP contribution in [0.3, 0.4) is 0 Å². The van der Waals surface area contributed by atoms with Crippen molar-refractivity contribution in [1.29, 1.82) is 0 Å². The van der Waals surface area contributed by atoms with Crippen LogP contribution in [-0.4, -0.2) is 45.0 Å². The molecule has 0 spiro atoms. The number of allylic oxidation sites excluding steroid dienone is 3. The van der Waals surface area contributed by atoms with Gasteiger partial charge in [0.2, 0.25) is 5.54 Å². The fourth-order valence-electron chi connectivity index (χ4n) is 4.83. The van der Waals surface area contributed by atoms with E-state index in [4.69, 9.17) is 5.73 Å². The molecule has 3 heterocycles. The number of carboxylic acids is 1. The summed E-state index contributed by atoms with van der Waals surface area (Å²) in [6, 6.07) is 0. The van der Waals surface area contributed by atoms with Gasteiger partial charge in [-0.1, -0.05) is 6.92 Å². The first-order chi connectivity index (χ1) is 12.8. The number of hydrogen-bond donors (Lipinski definition) is 2. The van der Waals surface area contributed by atoms with Gasteiger partial charge in [0.05, 0.1) is 11.9 Å². The van der Waals surface area contributed by atoms with E-state index in [1.54, 1.807) is 11.8 Å². The summed E-state index contributed by atoms with van der Waals surface area (Å²) in [5.74, 6) is -1.71. The molecule has 0 aromatic carbocycles. The number of carbonyl (C=O) groups excluding carboxylic acids is 1. The fraction of sp³-hybridized carbons (Fsp3) is 0.600. The molecule has 3 atom stereocenters. The molecule has 3 aliphatic heterocycles. The first-order valence-electron chi connectivity index (χ1n) is 9.64. The standard InChI is InChI=1S/C20H26FN3O3/c1-11-5-6-24(16(22)7-11)20(19(26)27)9-15(13-3-4-13)17-12(2)8-14(21)10-23(17)18(20)25/h8,10-11,13,16H,3-7,9,22H2,1-2H3,(H,26,27). The van der Waals surface area contributed by atoms with E-state index in [0.717, 1.165) is 31.0 Å². The molecule has 146 valence electrons. The number of fused-ring (bicyclic) bond motifs is 1. The number of nitrogens with zero attached hydrogens (tertiary/aromatic N) is 2. The van der Waals surface area contributed by atoms with Crippen LogP contribution in [0.2, 0.25) is 0 Å². The van der Waals surface area contributed by atoms with Gasteiger partial charge in [-0.2, -0.15) is 0 Å². The van der Waals surface area contributed by atoms with Crippen LogP contribution in [0, 0.1) is 11.8 Å². The molecule has 3 N–H and O–H groups in total. The summed E-state index contributed by atoms with van der Waals surface area (Å²) >= 11 is 0. The molecule has 6 nitrogen and oxygen atoms in total. The van der Waals surface area contributed by atoms with Crippen molar-refractivity contribution in [2.45, 2.75) is 57.7 Å². The third-order valence-corrected chi connectivity index (χ3v) is 6.37. The highest BCUT2D eigenvalue weighted by molar-refractivity contribution is 6.09. The van der Waals surface area contributed by atoms with Crippen LogP contribution in [0.1, 0.15) is 46.0 Å². The minimum Gasteiger partial charge on any atom is -0.479 e. The van der Waals surface area contributed by atoms with E-state index in [1.807, 2.05) is 0 Å². The van der Waals surface area contributed by atoms with Gasteiger partial charge >= 0.3 is 5.97 Å². The van der Waals surface area contributed by atoms with E-state index in [1.165, 1.54) is 11.0 Å². The van der Waals surface area contributed by atoms with Gasteiger partial charge in [0.15, 0.2) is 0 Å². The molecule has 1 amide bonds. The maximum absolute atomic E-state index is 14.1. The molecule has 0 aromatic heterocycles. The minimum atomic E-state index is -1.77. The third-order valence-electron chi connectivity index (χ3n) is 6.37. The Bertz CT molecular complexity index is 798. The monoisotopic (exact) mass is 375 g/mol. The highest BCUT2D eigenvalue weighted by Crippen LogP contribution is 2.50. The zero-order valence-electron chi connectivity index (χ0n) is 15.7. The summed E-state index contributed by atoms with van der Waals surface area (Å²) in [6.07, 6.45) is 5.52. The molecule has 4 aliphatic rings. The molecule has 1 saturated carbocycles. The number of carboxylic acid groups (broad SMARTS) is 1. The van der Waals surface area contributed by atoms with Crippen LogP contribution in [0.4, 0.5) is 4.39 Å². The summed E-state index contributed by atoms with van der Waals surface area (Å²) in [6.45, 7) is 4.30. The van der Waals surface area contributed by atoms with E-state index in [2.05, 4.69) is 6.92 Å². The highest BCUT2D eigenvalue weighted by atomic mass is 19.1. The number of rotatable bonds is 3. The van der Waals surface area contributed by atoms with Crippen molar-refractivity contribution >= 4 is 11.9 Å². The van der Waals surface area contributed by atoms with Crippen molar-refractivity contribution in [2.75, 3.05) is 6.54 Å². The number of amides is 1. The largest absolute Gasteiger partial charge is 0.479 e. The molecule has 1 saturated heterocycles. The van der Waals surface area contributed by atoms with Crippen molar-refractivity contribution in [2.24, 2.45) is 17.6 Å². The smallest absolute Gasteiger partial charge is 0.334 e. The maximum Gasteiger partial charge on any atom is 0.334 e. The molecule has 1 aliphatic carbocycles. The number of halogens is 1. The van der Waals surface area contributed by atoms with Gasteiger partial charge in [-0.25, -0.2) is 9.18 Å². The van der Waals surface area contributed by atoms with Crippen LogP contribution in [-0.2, 0) is 9.59 Å². The van der Waals surface area contributed by atoms with Gasteiger partial charge in [0, 0.05) is 19.2 Å². The Balaban J connectivity index is 1.86. The maximum atomic E-state index is 14.1. The molecule has 7 heteroatoms. The van der Waals surface area contributed by atoms with Crippen molar-refractivity contribution in [1.82, 2.24) is 9.80 Å². The van der Waals surface area contributed by atoms with Crippen LogP contribution < -0.4 is 5.73 Å².